The van der Waals surface area contributed by atoms with Crippen molar-refractivity contribution >= 4 is 5.91 Å². The zero-order chi connectivity index (χ0) is 12.5. The van der Waals surface area contributed by atoms with Crippen LogP contribution in [0.25, 0.3) is 0 Å². The van der Waals surface area contributed by atoms with Gasteiger partial charge in [-0.05, 0) is 17.3 Å². The molecule has 0 saturated carbocycles. The predicted molar refractivity (Wildman–Crippen MR) is 67.0 cm³/mol. The minimum absolute atomic E-state index is 0.161. The molecular weight excluding hydrogens is 200 g/mol. The molecule has 0 aromatic heterocycles. The molecule has 3 heteroatoms. The first-order valence-electron chi connectivity index (χ1n) is 6.25. The maximum Gasteiger partial charge on any atom is 0.222 e. The minimum atomic E-state index is 0.161. The van der Waals surface area contributed by atoms with Gasteiger partial charge in [-0.25, -0.2) is 0 Å². The van der Waals surface area contributed by atoms with Gasteiger partial charge >= 0.3 is 0 Å². The van der Waals surface area contributed by atoms with E-state index in [1.54, 1.807) is 0 Å². The Kier molecular flexibility index (Phi) is 4.00. The first-order chi connectivity index (χ1) is 7.21. The van der Waals surface area contributed by atoms with Crippen molar-refractivity contribution in [2.24, 2.45) is 23.0 Å². The smallest absolute Gasteiger partial charge is 0.222 e. The first kappa shape index (κ1) is 13.5. The molecule has 0 spiro atoms. The molecule has 1 amide bonds. The Bertz CT molecular complexity index is 247. The number of nitrogens with two attached hydrogens (primary N) is 1. The number of hydrogen-bond acceptors (Lipinski definition) is 2. The van der Waals surface area contributed by atoms with E-state index in [0.717, 1.165) is 13.1 Å². The van der Waals surface area contributed by atoms with E-state index in [1.807, 2.05) is 4.90 Å². The summed E-state index contributed by atoms with van der Waals surface area (Å²) in [5, 5.41) is 0. The van der Waals surface area contributed by atoms with Crippen LogP contribution in [-0.2, 0) is 4.79 Å². The van der Waals surface area contributed by atoms with Crippen LogP contribution in [0.1, 0.15) is 41.0 Å². The van der Waals surface area contributed by atoms with Crippen LogP contribution in [0, 0.1) is 17.3 Å². The Morgan fingerprint density at radius 2 is 2.00 bits per heavy atom. The second-order valence-corrected chi connectivity index (χ2v) is 6.41. The maximum atomic E-state index is 12.1. The van der Waals surface area contributed by atoms with Gasteiger partial charge in [0.1, 0.15) is 0 Å². The molecule has 3 atom stereocenters. The lowest BCUT2D eigenvalue weighted by Gasteiger charge is -2.28. The van der Waals surface area contributed by atoms with E-state index < -0.39 is 0 Å². The Hall–Kier alpha value is -0.570. The predicted octanol–water partition coefficient (Wildman–Crippen LogP) is 1.86. The Labute approximate surface area is 99.4 Å². The van der Waals surface area contributed by atoms with Crippen LogP contribution < -0.4 is 5.73 Å². The second kappa shape index (κ2) is 4.74. The molecule has 1 fully saturated rings. The van der Waals surface area contributed by atoms with E-state index in [1.165, 1.54) is 0 Å². The fourth-order valence-electron chi connectivity index (χ4n) is 1.89. The number of hydrogen-bond donors (Lipinski definition) is 1. The number of carbonyl (C=O) groups excluding carboxylic acids is 1. The third kappa shape index (κ3) is 3.21. The summed E-state index contributed by atoms with van der Waals surface area (Å²) in [4.78, 5) is 14.0. The lowest BCUT2D eigenvalue weighted by atomic mass is 9.80. The van der Waals surface area contributed by atoms with Crippen molar-refractivity contribution in [2.75, 3.05) is 13.1 Å². The number of carbonyl (C=O) groups is 1. The van der Waals surface area contributed by atoms with E-state index in [0.29, 0.717) is 18.3 Å². The minimum Gasteiger partial charge on any atom is -0.341 e. The molecule has 1 aliphatic rings. The van der Waals surface area contributed by atoms with Crippen molar-refractivity contribution in [3.63, 3.8) is 0 Å². The normalized spacial score (nSPS) is 28.2. The topological polar surface area (TPSA) is 46.3 Å². The van der Waals surface area contributed by atoms with Crippen LogP contribution in [0.5, 0.6) is 0 Å². The number of rotatable bonds is 2. The van der Waals surface area contributed by atoms with E-state index in [9.17, 15) is 4.79 Å². The lowest BCUT2D eigenvalue weighted by Crippen LogP contribution is -2.34. The summed E-state index contributed by atoms with van der Waals surface area (Å²) >= 11 is 0. The van der Waals surface area contributed by atoms with Gasteiger partial charge < -0.3 is 10.6 Å². The van der Waals surface area contributed by atoms with Crippen LogP contribution in [0.3, 0.4) is 0 Å². The van der Waals surface area contributed by atoms with Crippen molar-refractivity contribution in [1.29, 1.82) is 0 Å². The summed E-state index contributed by atoms with van der Waals surface area (Å²) in [6.07, 6.45) is 0.642. The highest BCUT2D eigenvalue weighted by Gasteiger charge is 2.31. The van der Waals surface area contributed by atoms with Gasteiger partial charge in [0.25, 0.3) is 0 Å². The van der Waals surface area contributed by atoms with Gasteiger partial charge in [-0.1, -0.05) is 34.6 Å². The summed E-state index contributed by atoms with van der Waals surface area (Å²) in [6, 6.07) is 0.161. The third-order valence-corrected chi connectivity index (χ3v) is 3.98. The van der Waals surface area contributed by atoms with Gasteiger partial charge in [0.2, 0.25) is 5.91 Å². The molecular formula is C13H26N2O. The van der Waals surface area contributed by atoms with E-state index in [2.05, 4.69) is 34.6 Å². The largest absolute Gasteiger partial charge is 0.341 e. The molecule has 16 heavy (non-hydrogen) atoms. The highest BCUT2D eigenvalue weighted by molar-refractivity contribution is 5.76. The molecule has 1 aliphatic heterocycles. The molecule has 3 nitrogen and oxygen atoms in total. The molecule has 0 aromatic rings. The summed E-state index contributed by atoms with van der Waals surface area (Å²) in [7, 11) is 0. The van der Waals surface area contributed by atoms with Crippen LogP contribution in [0.2, 0.25) is 0 Å². The van der Waals surface area contributed by atoms with E-state index >= 15 is 0 Å². The van der Waals surface area contributed by atoms with Crippen molar-refractivity contribution in [2.45, 2.75) is 47.1 Å². The molecule has 1 saturated heterocycles. The third-order valence-electron chi connectivity index (χ3n) is 3.98. The Morgan fingerprint density at radius 3 is 2.38 bits per heavy atom. The van der Waals surface area contributed by atoms with Gasteiger partial charge in [0.05, 0.1) is 0 Å². The van der Waals surface area contributed by atoms with Gasteiger partial charge in [-0.15, -0.1) is 0 Å². The van der Waals surface area contributed by atoms with Crippen molar-refractivity contribution in [3.05, 3.63) is 0 Å². The average Bonchev–Trinajstić information content (AvgIpc) is 2.45. The molecule has 1 rings (SSSR count). The monoisotopic (exact) mass is 226 g/mol. The van der Waals surface area contributed by atoms with Crippen molar-refractivity contribution < 1.29 is 4.79 Å². The highest BCUT2D eigenvalue weighted by atomic mass is 16.2. The van der Waals surface area contributed by atoms with Gasteiger partial charge in [0.15, 0.2) is 0 Å². The van der Waals surface area contributed by atoms with Crippen LogP contribution in [0.4, 0.5) is 0 Å². The van der Waals surface area contributed by atoms with Gasteiger partial charge in [0, 0.05) is 25.6 Å². The summed E-state index contributed by atoms with van der Waals surface area (Å²) < 4.78 is 0. The molecule has 94 valence electrons. The molecule has 0 bridgehead atoms. The number of likely N-dealkylation sites (tertiary alicyclic amines) is 1. The number of amides is 1. The Balaban J connectivity index is 2.48. The lowest BCUT2D eigenvalue weighted by molar-refractivity contribution is -0.132. The zero-order valence-corrected chi connectivity index (χ0v) is 11.3. The van der Waals surface area contributed by atoms with Crippen LogP contribution in [-0.4, -0.2) is 29.9 Å². The Morgan fingerprint density at radius 1 is 1.44 bits per heavy atom. The average molecular weight is 226 g/mol. The van der Waals surface area contributed by atoms with E-state index in [-0.39, 0.29) is 17.4 Å². The number of nitrogens with zero attached hydrogens (tertiary/aromatic N) is 1. The summed E-state index contributed by atoms with van der Waals surface area (Å²) in [5.74, 6) is 1.11. The maximum absolute atomic E-state index is 12.1. The molecule has 0 aliphatic carbocycles. The van der Waals surface area contributed by atoms with Crippen LogP contribution in [0.15, 0.2) is 0 Å². The fraction of sp³-hybridized carbons (Fsp3) is 0.923. The van der Waals surface area contributed by atoms with E-state index in [4.69, 9.17) is 5.73 Å². The van der Waals surface area contributed by atoms with Crippen molar-refractivity contribution in [3.8, 4) is 0 Å². The van der Waals surface area contributed by atoms with Crippen LogP contribution >= 0.6 is 0 Å². The first-order valence-corrected chi connectivity index (χ1v) is 6.25. The van der Waals surface area contributed by atoms with Crippen molar-refractivity contribution in [1.82, 2.24) is 4.90 Å². The highest BCUT2D eigenvalue weighted by Crippen LogP contribution is 2.29. The summed E-state index contributed by atoms with van der Waals surface area (Å²) in [5.41, 5.74) is 6.13. The fourth-order valence-corrected chi connectivity index (χ4v) is 1.89. The summed E-state index contributed by atoms with van der Waals surface area (Å²) in [6.45, 7) is 12.4. The standard InChI is InChI=1S/C13H26N2O/c1-9-7-15(8-11(9)14)12(16)6-10(2)13(3,4)5/h9-11H,6-8,14H2,1-5H3. The second-order valence-electron chi connectivity index (χ2n) is 6.41. The van der Waals surface area contributed by atoms with Gasteiger partial charge in [-0.2, -0.15) is 0 Å². The quantitative estimate of drug-likeness (QED) is 0.781. The van der Waals surface area contributed by atoms with Gasteiger partial charge in [-0.3, -0.25) is 4.79 Å². The molecule has 2 N–H and O–H groups in total. The SMILES string of the molecule is CC1CN(C(=O)CC(C)C(C)(C)C)CC1N. The molecule has 3 unspecified atom stereocenters. The molecule has 0 radical (unpaired) electrons. The zero-order valence-electron chi connectivity index (χ0n) is 11.3. The molecule has 0 aromatic carbocycles. The molecule has 1 heterocycles.